The monoisotopic (exact) mass is 260 g/mol. The Morgan fingerprint density at radius 1 is 1.32 bits per heavy atom. The normalized spacial score (nSPS) is 19.4. The average molecular weight is 260 g/mol. The molecule has 1 heterocycles. The highest BCUT2D eigenvalue weighted by molar-refractivity contribution is 5.53. The Morgan fingerprint density at radius 3 is 2.84 bits per heavy atom. The maximum absolute atomic E-state index is 3.51. The quantitative estimate of drug-likeness (QED) is 0.871. The van der Waals surface area contributed by atoms with E-state index in [4.69, 9.17) is 0 Å². The van der Waals surface area contributed by atoms with Crippen LogP contribution in [0.5, 0.6) is 0 Å². The molecule has 0 bridgehead atoms. The Balaban J connectivity index is 1.78. The number of aryl methyl sites for hydroxylation is 2. The van der Waals surface area contributed by atoms with Crippen LogP contribution < -0.4 is 10.2 Å². The van der Waals surface area contributed by atoms with Crippen LogP contribution in [0, 0.1) is 19.8 Å². The third-order valence-electron chi connectivity index (χ3n) is 4.27. The van der Waals surface area contributed by atoms with E-state index in [9.17, 15) is 0 Å². The number of piperidine rings is 1. The van der Waals surface area contributed by atoms with E-state index in [0.717, 1.165) is 5.92 Å². The number of nitrogens with one attached hydrogen (secondary N) is 1. The zero-order valence-electron chi connectivity index (χ0n) is 12.7. The number of hydrogen-bond donors (Lipinski definition) is 1. The van der Waals surface area contributed by atoms with Gasteiger partial charge in [0.15, 0.2) is 0 Å². The largest absolute Gasteiger partial charge is 0.374 e. The molecule has 2 rings (SSSR count). The van der Waals surface area contributed by atoms with Gasteiger partial charge in [0.25, 0.3) is 0 Å². The Kier molecular flexibility index (Phi) is 5.26. The van der Waals surface area contributed by atoms with Gasteiger partial charge in [0, 0.05) is 19.3 Å². The van der Waals surface area contributed by atoms with Gasteiger partial charge in [0.2, 0.25) is 0 Å². The maximum atomic E-state index is 3.51. The number of nitrogens with zero attached hydrogens (tertiary/aromatic N) is 1. The molecule has 0 aliphatic carbocycles. The van der Waals surface area contributed by atoms with Crippen molar-refractivity contribution in [3.05, 3.63) is 29.3 Å². The lowest BCUT2D eigenvalue weighted by atomic mass is 9.94. The van der Waals surface area contributed by atoms with Gasteiger partial charge in [-0.2, -0.15) is 0 Å². The molecule has 2 nitrogen and oxygen atoms in total. The summed E-state index contributed by atoms with van der Waals surface area (Å²) < 4.78 is 0. The van der Waals surface area contributed by atoms with Crippen molar-refractivity contribution in [3.63, 3.8) is 0 Å². The van der Waals surface area contributed by atoms with E-state index in [1.807, 2.05) is 0 Å². The zero-order chi connectivity index (χ0) is 13.7. The van der Waals surface area contributed by atoms with E-state index in [2.05, 4.69) is 49.3 Å². The van der Waals surface area contributed by atoms with Crippen molar-refractivity contribution >= 4 is 5.69 Å². The Hall–Kier alpha value is -1.02. The van der Waals surface area contributed by atoms with Crippen molar-refractivity contribution in [1.82, 2.24) is 5.32 Å². The van der Waals surface area contributed by atoms with Gasteiger partial charge in [-0.1, -0.05) is 17.7 Å². The Morgan fingerprint density at radius 2 is 2.16 bits per heavy atom. The molecule has 1 aromatic carbocycles. The fourth-order valence-electron chi connectivity index (χ4n) is 3.14. The summed E-state index contributed by atoms with van der Waals surface area (Å²) in [4.78, 5) is 2.41. The molecule has 0 amide bonds. The van der Waals surface area contributed by atoms with Crippen LogP contribution >= 0.6 is 0 Å². The second-order valence-electron chi connectivity index (χ2n) is 6.07. The van der Waals surface area contributed by atoms with E-state index >= 15 is 0 Å². The van der Waals surface area contributed by atoms with Gasteiger partial charge in [-0.25, -0.2) is 0 Å². The number of hydrogen-bond acceptors (Lipinski definition) is 2. The predicted molar refractivity (Wildman–Crippen MR) is 84.0 cm³/mol. The molecule has 1 aliphatic rings. The summed E-state index contributed by atoms with van der Waals surface area (Å²) in [6.07, 6.45) is 5.44. The standard InChI is InChI=1S/C17H28N2/c1-14-8-9-17(15(2)12-14)19(3)11-5-7-16-6-4-10-18-13-16/h8-9,12,16,18H,4-7,10-11,13H2,1-3H3. The van der Waals surface area contributed by atoms with Crippen molar-refractivity contribution in [1.29, 1.82) is 0 Å². The number of benzene rings is 1. The van der Waals surface area contributed by atoms with Crippen LogP contribution in [0.3, 0.4) is 0 Å². The molecule has 2 heteroatoms. The van der Waals surface area contributed by atoms with Crippen LogP contribution in [-0.2, 0) is 0 Å². The van der Waals surface area contributed by atoms with Gasteiger partial charge in [-0.3, -0.25) is 0 Å². The summed E-state index contributed by atoms with van der Waals surface area (Å²) in [6, 6.07) is 6.74. The van der Waals surface area contributed by atoms with E-state index in [1.54, 1.807) is 0 Å². The summed E-state index contributed by atoms with van der Waals surface area (Å²) in [6.45, 7) is 7.99. The van der Waals surface area contributed by atoms with Gasteiger partial charge in [0.1, 0.15) is 0 Å². The first-order chi connectivity index (χ1) is 9.16. The minimum Gasteiger partial charge on any atom is -0.374 e. The second-order valence-corrected chi connectivity index (χ2v) is 6.07. The molecule has 1 aliphatic heterocycles. The van der Waals surface area contributed by atoms with Crippen LogP contribution in [0.2, 0.25) is 0 Å². The van der Waals surface area contributed by atoms with Crippen LogP contribution in [0.4, 0.5) is 5.69 Å². The highest BCUT2D eigenvalue weighted by atomic mass is 15.1. The van der Waals surface area contributed by atoms with Gasteiger partial charge in [-0.05, 0) is 70.2 Å². The van der Waals surface area contributed by atoms with Gasteiger partial charge in [-0.15, -0.1) is 0 Å². The van der Waals surface area contributed by atoms with E-state index in [-0.39, 0.29) is 0 Å². The first-order valence-electron chi connectivity index (χ1n) is 7.66. The fraction of sp³-hybridized carbons (Fsp3) is 0.647. The molecule has 0 spiro atoms. The first-order valence-corrected chi connectivity index (χ1v) is 7.66. The fourth-order valence-corrected chi connectivity index (χ4v) is 3.14. The van der Waals surface area contributed by atoms with Crippen LogP contribution in [0.1, 0.15) is 36.8 Å². The summed E-state index contributed by atoms with van der Waals surface area (Å²) in [5.41, 5.74) is 4.12. The number of rotatable bonds is 5. The lowest BCUT2D eigenvalue weighted by molar-refractivity contribution is 0.352. The minimum atomic E-state index is 0.904. The van der Waals surface area contributed by atoms with E-state index in [0.29, 0.717) is 0 Å². The molecule has 0 radical (unpaired) electrons. The Bertz CT molecular complexity index is 394. The van der Waals surface area contributed by atoms with Crippen LogP contribution in [0.25, 0.3) is 0 Å². The zero-order valence-corrected chi connectivity index (χ0v) is 12.7. The molecular weight excluding hydrogens is 232 g/mol. The second kappa shape index (κ2) is 6.95. The third kappa shape index (κ3) is 4.24. The smallest absolute Gasteiger partial charge is 0.0393 e. The summed E-state index contributed by atoms with van der Waals surface area (Å²) in [5, 5.41) is 3.51. The van der Waals surface area contributed by atoms with E-state index in [1.165, 1.54) is 62.1 Å². The van der Waals surface area contributed by atoms with Crippen LogP contribution in [0.15, 0.2) is 18.2 Å². The molecule has 19 heavy (non-hydrogen) atoms. The minimum absolute atomic E-state index is 0.904. The van der Waals surface area contributed by atoms with Crippen molar-refractivity contribution < 1.29 is 0 Å². The average Bonchev–Trinajstić information content (AvgIpc) is 2.39. The summed E-state index contributed by atoms with van der Waals surface area (Å²) in [7, 11) is 2.22. The molecular formula is C17H28N2. The third-order valence-corrected chi connectivity index (χ3v) is 4.27. The molecule has 1 N–H and O–H groups in total. The highest BCUT2D eigenvalue weighted by Crippen LogP contribution is 2.21. The Labute approximate surface area is 118 Å². The molecule has 0 aromatic heterocycles. The lowest BCUT2D eigenvalue weighted by Crippen LogP contribution is -2.30. The molecule has 1 atom stereocenters. The number of anilines is 1. The molecule has 1 unspecified atom stereocenters. The van der Waals surface area contributed by atoms with Gasteiger partial charge >= 0.3 is 0 Å². The molecule has 106 valence electrons. The topological polar surface area (TPSA) is 15.3 Å². The maximum Gasteiger partial charge on any atom is 0.0393 e. The van der Waals surface area contributed by atoms with E-state index < -0.39 is 0 Å². The summed E-state index contributed by atoms with van der Waals surface area (Å²) >= 11 is 0. The summed E-state index contributed by atoms with van der Waals surface area (Å²) in [5.74, 6) is 0.904. The molecule has 1 aromatic rings. The van der Waals surface area contributed by atoms with Crippen molar-refractivity contribution in [2.24, 2.45) is 5.92 Å². The first kappa shape index (κ1) is 14.4. The molecule has 1 fully saturated rings. The van der Waals surface area contributed by atoms with Gasteiger partial charge < -0.3 is 10.2 Å². The molecule has 1 saturated heterocycles. The van der Waals surface area contributed by atoms with Crippen molar-refractivity contribution in [2.45, 2.75) is 39.5 Å². The molecule has 0 saturated carbocycles. The van der Waals surface area contributed by atoms with Gasteiger partial charge in [0.05, 0.1) is 0 Å². The predicted octanol–water partition coefficient (Wildman–Crippen LogP) is 3.52. The highest BCUT2D eigenvalue weighted by Gasteiger charge is 2.13. The lowest BCUT2D eigenvalue weighted by Gasteiger charge is -2.25. The van der Waals surface area contributed by atoms with Crippen molar-refractivity contribution in [3.8, 4) is 0 Å². The van der Waals surface area contributed by atoms with Crippen LogP contribution in [-0.4, -0.2) is 26.7 Å². The SMILES string of the molecule is Cc1ccc(N(C)CCCC2CCCNC2)c(C)c1. The van der Waals surface area contributed by atoms with Crippen molar-refractivity contribution in [2.75, 3.05) is 31.6 Å².